The molecule has 2 aliphatic heterocycles. The van der Waals surface area contributed by atoms with Gasteiger partial charge in [0, 0.05) is 29.7 Å². The standard InChI is InChI=1S/C21H19N7O7S/c22-12-4-5-23-17(24-12)14(26-35-9-13(29)30)18(31)25-15-19(32)28-16(21(33)34)11(10-36-20(15)28)8-27-6-2-1-3-7-27/h1-7,15,20H,8-10H2,(H4-,22,23,24,25,29,30,31,33,34)/b26-14-/t15?,20-/m1/s1. The number of pyridine rings is 1. The van der Waals surface area contributed by atoms with Gasteiger partial charge in [-0.25, -0.2) is 19.3 Å². The first-order valence-corrected chi connectivity index (χ1v) is 11.4. The fraction of sp³-hybridized carbons (Fsp3) is 0.238. The van der Waals surface area contributed by atoms with Gasteiger partial charge in [-0.1, -0.05) is 11.2 Å². The molecule has 0 aromatic carbocycles. The lowest BCUT2D eigenvalue weighted by Crippen LogP contribution is -2.71. The predicted octanol–water partition coefficient (Wildman–Crippen LogP) is -2.74. The topological polar surface area (TPSA) is 204 Å². The molecule has 0 saturated carbocycles. The number of β-lactam (4-membered cyclic amide) rings is 1. The number of nitrogen functional groups attached to an aromatic ring is 1. The van der Waals surface area contributed by atoms with Crippen LogP contribution in [0.3, 0.4) is 0 Å². The number of nitrogens with one attached hydrogen (secondary N) is 1. The molecule has 0 bridgehead atoms. The van der Waals surface area contributed by atoms with Gasteiger partial charge in [-0.3, -0.25) is 14.5 Å². The van der Waals surface area contributed by atoms with Crippen molar-refractivity contribution in [3.05, 3.63) is 60.0 Å². The van der Waals surface area contributed by atoms with Crippen molar-refractivity contribution in [3.8, 4) is 0 Å². The molecule has 2 aliphatic rings. The van der Waals surface area contributed by atoms with Gasteiger partial charge in [-0.15, -0.1) is 11.8 Å². The second kappa shape index (κ2) is 10.4. The van der Waals surface area contributed by atoms with Gasteiger partial charge in [0.2, 0.25) is 12.3 Å². The Morgan fingerprint density at radius 2 is 2.08 bits per heavy atom. The van der Waals surface area contributed by atoms with Gasteiger partial charge in [0.05, 0.1) is 11.7 Å². The van der Waals surface area contributed by atoms with Crippen molar-refractivity contribution >= 4 is 47.0 Å². The number of thioether (sulfide) groups is 1. The fourth-order valence-electron chi connectivity index (χ4n) is 3.59. The average Bonchev–Trinajstić information content (AvgIpc) is 2.85. The van der Waals surface area contributed by atoms with Crippen LogP contribution >= 0.6 is 11.8 Å². The van der Waals surface area contributed by atoms with E-state index in [2.05, 4.69) is 25.3 Å². The number of fused-ring (bicyclic) bond motifs is 1. The van der Waals surface area contributed by atoms with Crippen molar-refractivity contribution in [2.24, 2.45) is 5.16 Å². The molecule has 2 atom stereocenters. The normalized spacial score (nSPS) is 19.3. The molecular weight excluding hydrogens is 494 g/mol. The number of aromatic nitrogens is 3. The van der Waals surface area contributed by atoms with E-state index in [1.807, 2.05) is 6.07 Å². The predicted molar refractivity (Wildman–Crippen MR) is 120 cm³/mol. The molecule has 4 rings (SSSR count). The highest BCUT2D eigenvalue weighted by atomic mass is 32.2. The number of carbonyl (C=O) groups excluding carboxylic acids is 3. The second-order valence-corrected chi connectivity index (χ2v) is 8.67. The first-order chi connectivity index (χ1) is 17.3. The lowest BCUT2D eigenvalue weighted by atomic mass is 10.0. The van der Waals surface area contributed by atoms with Crippen LogP contribution in [0.5, 0.6) is 0 Å². The Balaban J connectivity index is 1.54. The number of carboxylic acids is 2. The zero-order chi connectivity index (χ0) is 25.8. The number of hydrogen-bond donors (Lipinski definition) is 3. The van der Waals surface area contributed by atoms with Crippen LogP contribution in [-0.2, 0) is 30.6 Å². The Hall–Kier alpha value is -4.53. The van der Waals surface area contributed by atoms with Crippen molar-refractivity contribution < 1.29 is 38.8 Å². The number of aliphatic carboxylic acids is 2. The van der Waals surface area contributed by atoms with Crippen LogP contribution in [0.25, 0.3) is 0 Å². The van der Waals surface area contributed by atoms with Crippen molar-refractivity contribution in [2.45, 2.75) is 18.0 Å². The van der Waals surface area contributed by atoms with E-state index >= 15 is 0 Å². The number of hydrogen-bond acceptors (Lipinski definition) is 11. The molecular formula is C21H19N7O7S. The summed E-state index contributed by atoms with van der Waals surface area (Å²) in [5.41, 5.74) is 5.38. The van der Waals surface area contributed by atoms with Crippen LogP contribution in [0, 0.1) is 0 Å². The van der Waals surface area contributed by atoms with Gasteiger partial charge in [-0.05, 0) is 6.07 Å². The van der Waals surface area contributed by atoms with E-state index in [4.69, 9.17) is 10.8 Å². The molecule has 1 saturated heterocycles. The minimum absolute atomic E-state index is 0.0139. The molecule has 1 unspecified atom stereocenters. The van der Waals surface area contributed by atoms with Crippen molar-refractivity contribution in [3.63, 3.8) is 0 Å². The summed E-state index contributed by atoms with van der Waals surface area (Å²) in [6, 6.07) is 5.68. The minimum atomic E-state index is -1.50. The van der Waals surface area contributed by atoms with Gasteiger partial charge in [-0.2, -0.15) is 0 Å². The van der Waals surface area contributed by atoms with Crippen LogP contribution in [0.4, 0.5) is 5.82 Å². The van der Waals surface area contributed by atoms with E-state index in [1.54, 1.807) is 29.1 Å². The molecule has 14 nitrogen and oxygen atoms in total. The fourth-order valence-corrected chi connectivity index (χ4v) is 4.92. The molecule has 15 heteroatoms. The smallest absolute Gasteiger partial charge is 0.344 e. The summed E-state index contributed by atoms with van der Waals surface area (Å²) in [4.78, 5) is 62.1. The third kappa shape index (κ3) is 5.10. The number of carboxylic acid groups (broad SMARTS) is 2. The van der Waals surface area contributed by atoms with Gasteiger partial charge < -0.3 is 30.9 Å². The first kappa shape index (κ1) is 24.6. The van der Waals surface area contributed by atoms with E-state index in [-0.39, 0.29) is 29.6 Å². The Bertz CT molecular complexity index is 1280. The van der Waals surface area contributed by atoms with Gasteiger partial charge in [0.15, 0.2) is 24.8 Å². The third-order valence-corrected chi connectivity index (χ3v) is 6.47. The molecule has 186 valence electrons. The van der Waals surface area contributed by atoms with Gasteiger partial charge >= 0.3 is 5.97 Å². The molecule has 4 heterocycles. The summed E-state index contributed by atoms with van der Waals surface area (Å²) in [5.74, 6) is -4.38. The van der Waals surface area contributed by atoms with Crippen LogP contribution in [0.1, 0.15) is 5.82 Å². The zero-order valence-electron chi connectivity index (χ0n) is 18.4. The van der Waals surface area contributed by atoms with E-state index < -0.39 is 47.5 Å². The Morgan fingerprint density at radius 1 is 1.33 bits per heavy atom. The molecule has 2 amide bonds. The minimum Gasteiger partial charge on any atom is -0.543 e. The van der Waals surface area contributed by atoms with Crippen LogP contribution < -0.4 is 20.7 Å². The first-order valence-electron chi connectivity index (χ1n) is 10.4. The molecule has 0 aliphatic carbocycles. The SMILES string of the molecule is Nc1ccnc(/C(=N/OCC(=O)O)C(=O)NC2C(=O)N3C(C(=O)[O-])=C(C[n+]4ccccc4)CS[C@H]23)n1. The summed E-state index contributed by atoms with van der Waals surface area (Å²) in [6.45, 7) is -0.592. The molecule has 1 fully saturated rings. The summed E-state index contributed by atoms with van der Waals surface area (Å²) >= 11 is 1.28. The lowest BCUT2D eigenvalue weighted by molar-refractivity contribution is -0.689. The zero-order valence-corrected chi connectivity index (χ0v) is 19.3. The summed E-state index contributed by atoms with van der Waals surface area (Å²) in [7, 11) is 0. The number of nitrogens with zero attached hydrogens (tertiary/aromatic N) is 5. The summed E-state index contributed by atoms with van der Waals surface area (Å²) in [5, 5.41) is 26.0. The molecule has 0 spiro atoms. The number of amides is 2. The lowest BCUT2D eigenvalue weighted by Gasteiger charge is -2.50. The van der Waals surface area contributed by atoms with Crippen LogP contribution in [0.2, 0.25) is 0 Å². The Kier molecular flexibility index (Phi) is 7.10. The van der Waals surface area contributed by atoms with Gasteiger partial charge in [0.25, 0.3) is 11.8 Å². The van der Waals surface area contributed by atoms with Crippen molar-refractivity contribution in [2.75, 3.05) is 18.1 Å². The number of anilines is 1. The quantitative estimate of drug-likeness (QED) is 0.136. The van der Waals surface area contributed by atoms with E-state index in [0.717, 1.165) is 4.90 Å². The van der Waals surface area contributed by atoms with Crippen LogP contribution in [-0.4, -0.2) is 73.2 Å². The van der Waals surface area contributed by atoms with Crippen molar-refractivity contribution in [1.29, 1.82) is 0 Å². The van der Waals surface area contributed by atoms with Gasteiger partial charge in [0.1, 0.15) is 17.2 Å². The molecule has 0 radical (unpaired) electrons. The highest BCUT2D eigenvalue weighted by molar-refractivity contribution is 8.00. The van der Waals surface area contributed by atoms with E-state index in [9.17, 15) is 24.3 Å². The number of carbonyl (C=O) groups is 4. The number of oxime groups is 1. The third-order valence-electron chi connectivity index (χ3n) is 5.13. The maximum absolute atomic E-state index is 13.0. The molecule has 2 aromatic rings. The highest BCUT2D eigenvalue weighted by Crippen LogP contribution is 2.40. The maximum atomic E-state index is 13.0. The monoisotopic (exact) mass is 513 g/mol. The molecule has 4 N–H and O–H groups in total. The van der Waals surface area contributed by atoms with Crippen LogP contribution in [0.15, 0.2) is 59.3 Å². The average molecular weight is 513 g/mol. The van der Waals surface area contributed by atoms with E-state index in [0.29, 0.717) is 5.57 Å². The largest absolute Gasteiger partial charge is 0.543 e. The Labute approximate surface area is 207 Å². The molecule has 36 heavy (non-hydrogen) atoms. The number of rotatable bonds is 9. The van der Waals surface area contributed by atoms with E-state index in [1.165, 1.54) is 24.0 Å². The second-order valence-electron chi connectivity index (χ2n) is 7.56. The highest BCUT2D eigenvalue weighted by Gasteiger charge is 2.53. The van der Waals surface area contributed by atoms with Crippen molar-refractivity contribution in [1.82, 2.24) is 20.2 Å². The molecule has 2 aromatic heterocycles. The summed E-state index contributed by atoms with van der Waals surface area (Å²) < 4.78 is 1.77. The number of nitrogens with two attached hydrogens (primary N) is 1. The Morgan fingerprint density at radius 3 is 2.75 bits per heavy atom. The summed E-state index contributed by atoms with van der Waals surface area (Å²) in [6.07, 6.45) is 4.79. The maximum Gasteiger partial charge on any atom is 0.344 e.